The van der Waals surface area contributed by atoms with Crippen LogP contribution in [0.25, 0.3) is 11.1 Å². The van der Waals surface area contributed by atoms with Crippen LogP contribution in [0.4, 0.5) is 11.5 Å². The number of hydrogen-bond acceptors (Lipinski definition) is 3. The van der Waals surface area contributed by atoms with Gasteiger partial charge < -0.3 is 10.6 Å². The zero-order chi connectivity index (χ0) is 11.7. The van der Waals surface area contributed by atoms with Gasteiger partial charge >= 0.3 is 0 Å². The first-order chi connectivity index (χ1) is 7.59. The predicted molar refractivity (Wildman–Crippen MR) is 67.5 cm³/mol. The van der Waals surface area contributed by atoms with Gasteiger partial charge in [0.15, 0.2) is 5.82 Å². The molecule has 84 valence electrons. The van der Waals surface area contributed by atoms with Gasteiger partial charge in [0.1, 0.15) is 0 Å². The quantitative estimate of drug-likeness (QED) is 0.807. The van der Waals surface area contributed by atoms with Crippen LogP contribution in [0.3, 0.4) is 0 Å². The Balaban J connectivity index is 2.42. The number of nitrogens with two attached hydrogens (primary N) is 1. The molecule has 0 amide bonds. The highest BCUT2D eigenvalue weighted by atomic mass is 15.2. The second-order valence-corrected chi connectivity index (χ2v) is 4.05. The minimum atomic E-state index is 0.551. The van der Waals surface area contributed by atoms with Gasteiger partial charge in [-0.25, -0.2) is 0 Å². The van der Waals surface area contributed by atoms with Crippen LogP contribution in [0.15, 0.2) is 24.3 Å². The molecule has 0 bridgehead atoms. The standard InChI is InChI=1S/C12H16N4/c1-8-11(12(13)15-14-8)9-4-6-10(7-5-9)16(2)3/h4-7H,1-3H3,(H3,13,14,15). The maximum absolute atomic E-state index is 5.82. The smallest absolute Gasteiger partial charge is 0.153 e. The number of nitrogens with one attached hydrogen (secondary N) is 1. The second-order valence-electron chi connectivity index (χ2n) is 4.05. The average molecular weight is 216 g/mol. The van der Waals surface area contributed by atoms with Crippen molar-refractivity contribution in [2.45, 2.75) is 6.92 Å². The molecule has 1 heterocycles. The summed E-state index contributed by atoms with van der Waals surface area (Å²) in [7, 11) is 4.04. The van der Waals surface area contributed by atoms with Gasteiger partial charge in [-0.05, 0) is 24.6 Å². The molecule has 0 fully saturated rings. The van der Waals surface area contributed by atoms with E-state index >= 15 is 0 Å². The molecule has 1 aromatic carbocycles. The molecule has 2 aromatic rings. The fourth-order valence-electron chi connectivity index (χ4n) is 1.74. The molecule has 0 spiro atoms. The van der Waals surface area contributed by atoms with Gasteiger partial charge in [0.2, 0.25) is 0 Å². The number of aromatic nitrogens is 2. The average Bonchev–Trinajstić information content (AvgIpc) is 2.59. The van der Waals surface area contributed by atoms with Crippen molar-refractivity contribution in [3.05, 3.63) is 30.0 Å². The zero-order valence-electron chi connectivity index (χ0n) is 9.78. The highest BCUT2D eigenvalue weighted by Gasteiger charge is 2.09. The molecular formula is C12H16N4. The van der Waals surface area contributed by atoms with Crippen molar-refractivity contribution in [3.8, 4) is 11.1 Å². The lowest BCUT2D eigenvalue weighted by molar-refractivity contribution is 1.05. The van der Waals surface area contributed by atoms with E-state index in [4.69, 9.17) is 5.73 Å². The first kappa shape index (κ1) is 10.5. The molecule has 16 heavy (non-hydrogen) atoms. The van der Waals surface area contributed by atoms with Gasteiger partial charge in [0, 0.05) is 31.0 Å². The Morgan fingerprint density at radius 3 is 2.25 bits per heavy atom. The summed E-state index contributed by atoms with van der Waals surface area (Å²) in [5.74, 6) is 0.551. The zero-order valence-corrected chi connectivity index (χ0v) is 9.78. The fourth-order valence-corrected chi connectivity index (χ4v) is 1.74. The summed E-state index contributed by atoms with van der Waals surface area (Å²) >= 11 is 0. The van der Waals surface area contributed by atoms with Gasteiger partial charge in [0.25, 0.3) is 0 Å². The Bertz CT molecular complexity index is 463. The summed E-state index contributed by atoms with van der Waals surface area (Å²) in [6.45, 7) is 1.97. The number of nitrogens with zero attached hydrogens (tertiary/aromatic N) is 2. The van der Waals surface area contributed by atoms with Crippen molar-refractivity contribution in [2.75, 3.05) is 24.7 Å². The molecule has 0 aliphatic rings. The monoisotopic (exact) mass is 216 g/mol. The lowest BCUT2D eigenvalue weighted by Crippen LogP contribution is -2.07. The van der Waals surface area contributed by atoms with Crippen LogP contribution in [0, 0.1) is 6.92 Å². The largest absolute Gasteiger partial charge is 0.382 e. The highest BCUT2D eigenvalue weighted by Crippen LogP contribution is 2.28. The Morgan fingerprint density at radius 2 is 1.81 bits per heavy atom. The van der Waals surface area contributed by atoms with E-state index in [9.17, 15) is 0 Å². The number of anilines is 2. The van der Waals surface area contributed by atoms with Gasteiger partial charge in [-0.3, -0.25) is 5.10 Å². The van der Waals surface area contributed by atoms with Crippen molar-refractivity contribution in [1.29, 1.82) is 0 Å². The molecule has 4 nitrogen and oxygen atoms in total. The normalized spacial score (nSPS) is 10.4. The minimum Gasteiger partial charge on any atom is -0.382 e. The highest BCUT2D eigenvalue weighted by molar-refractivity contribution is 5.77. The molecule has 2 rings (SSSR count). The van der Waals surface area contributed by atoms with Crippen LogP contribution >= 0.6 is 0 Å². The summed E-state index contributed by atoms with van der Waals surface area (Å²) in [6.07, 6.45) is 0. The Hall–Kier alpha value is -1.97. The van der Waals surface area contributed by atoms with E-state index in [0.717, 1.165) is 16.8 Å². The van der Waals surface area contributed by atoms with Crippen LogP contribution in [0.2, 0.25) is 0 Å². The molecule has 0 aliphatic carbocycles. The van der Waals surface area contributed by atoms with E-state index in [-0.39, 0.29) is 0 Å². The van der Waals surface area contributed by atoms with Crippen LogP contribution in [0.5, 0.6) is 0 Å². The maximum Gasteiger partial charge on any atom is 0.153 e. The molecule has 0 atom stereocenters. The Morgan fingerprint density at radius 1 is 1.19 bits per heavy atom. The van der Waals surface area contributed by atoms with E-state index in [0.29, 0.717) is 5.82 Å². The van der Waals surface area contributed by atoms with E-state index < -0.39 is 0 Å². The van der Waals surface area contributed by atoms with Gasteiger partial charge in [-0.15, -0.1) is 0 Å². The molecular weight excluding hydrogens is 200 g/mol. The fraction of sp³-hybridized carbons (Fsp3) is 0.250. The van der Waals surface area contributed by atoms with Gasteiger partial charge in [-0.2, -0.15) is 5.10 Å². The summed E-state index contributed by atoms with van der Waals surface area (Å²) in [5, 5.41) is 6.88. The van der Waals surface area contributed by atoms with Crippen molar-refractivity contribution >= 4 is 11.5 Å². The molecule has 0 saturated carbocycles. The summed E-state index contributed by atoms with van der Waals surface area (Å²) in [6, 6.07) is 8.26. The third kappa shape index (κ3) is 1.74. The Labute approximate surface area is 95.1 Å². The van der Waals surface area contributed by atoms with Gasteiger partial charge in [-0.1, -0.05) is 12.1 Å². The van der Waals surface area contributed by atoms with Crippen LogP contribution in [-0.2, 0) is 0 Å². The van der Waals surface area contributed by atoms with E-state index in [1.165, 1.54) is 5.69 Å². The van der Waals surface area contributed by atoms with E-state index in [1.807, 2.05) is 21.0 Å². The minimum absolute atomic E-state index is 0.551. The van der Waals surface area contributed by atoms with Crippen LogP contribution in [0.1, 0.15) is 5.69 Å². The molecule has 0 aliphatic heterocycles. The third-order valence-electron chi connectivity index (χ3n) is 2.65. The number of H-pyrrole nitrogens is 1. The molecule has 0 radical (unpaired) electrons. The SMILES string of the molecule is Cc1[nH]nc(N)c1-c1ccc(N(C)C)cc1. The van der Waals surface area contributed by atoms with Crippen molar-refractivity contribution in [2.24, 2.45) is 0 Å². The number of aryl methyl sites for hydroxylation is 1. The van der Waals surface area contributed by atoms with E-state index in [1.54, 1.807) is 0 Å². The summed E-state index contributed by atoms with van der Waals surface area (Å²) in [5.41, 5.74) is 10.1. The van der Waals surface area contributed by atoms with Crippen molar-refractivity contribution in [3.63, 3.8) is 0 Å². The number of rotatable bonds is 2. The lowest BCUT2D eigenvalue weighted by Gasteiger charge is -2.12. The van der Waals surface area contributed by atoms with Gasteiger partial charge in [0.05, 0.1) is 0 Å². The predicted octanol–water partition coefficient (Wildman–Crippen LogP) is 2.03. The first-order valence-electron chi connectivity index (χ1n) is 5.18. The summed E-state index contributed by atoms with van der Waals surface area (Å²) < 4.78 is 0. The van der Waals surface area contributed by atoms with Crippen molar-refractivity contribution < 1.29 is 0 Å². The van der Waals surface area contributed by atoms with Crippen molar-refractivity contribution in [1.82, 2.24) is 10.2 Å². The van der Waals surface area contributed by atoms with Crippen LogP contribution < -0.4 is 10.6 Å². The number of benzene rings is 1. The maximum atomic E-state index is 5.82. The molecule has 1 aromatic heterocycles. The third-order valence-corrected chi connectivity index (χ3v) is 2.65. The summed E-state index contributed by atoms with van der Waals surface area (Å²) in [4.78, 5) is 2.06. The second kappa shape index (κ2) is 3.89. The topological polar surface area (TPSA) is 57.9 Å². The van der Waals surface area contributed by atoms with Crippen LogP contribution in [-0.4, -0.2) is 24.3 Å². The molecule has 3 N–H and O–H groups in total. The van der Waals surface area contributed by atoms with E-state index in [2.05, 4.69) is 39.4 Å². The molecule has 0 unspecified atom stereocenters. The number of nitrogen functional groups attached to an aromatic ring is 1. The first-order valence-corrected chi connectivity index (χ1v) is 5.18. The number of hydrogen-bond donors (Lipinski definition) is 2. The molecule has 4 heteroatoms. The molecule has 0 saturated heterocycles. The Kier molecular flexibility index (Phi) is 2.56. The number of aromatic amines is 1. The lowest BCUT2D eigenvalue weighted by atomic mass is 10.1.